The predicted octanol–water partition coefficient (Wildman–Crippen LogP) is 6.56. The van der Waals surface area contributed by atoms with E-state index >= 15 is 0 Å². The highest BCUT2D eigenvalue weighted by Gasteiger charge is 2.35. The maximum atomic E-state index is 13.8. The molecule has 1 aliphatic carbocycles. The smallest absolute Gasteiger partial charge is 0.420 e. The predicted molar refractivity (Wildman–Crippen MR) is 146 cm³/mol. The number of halogens is 3. The van der Waals surface area contributed by atoms with Crippen LogP contribution in [0, 0.1) is 6.92 Å². The van der Waals surface area contributed by atoms with Crippen molar-refractivity contribution in [1.29, 1.82) is 0 Å². The molecule has 0 radical (unpaired) electrons. The molecule has 0 spiro atoms. The van der Waals surface area contributed by atoms with E-state index in [4.69, 9.17) is 9.72 Å². The van der Waals surface area contributed by atoms with Crippen molar-refractivity contribution in [3.05, 3.63) is 47.2 Å². The lowest BCUT2D eigenvalue weighted by Crippen LogP contribution is -2.44. The quantitative estimate of drug-likeness (QED) is 0.355. The number of piperidine rings is 1. The highest BCUT2D eigenvalue weighted by atomic mass is 19.4. The van der Waals surface area contributed by atoms with Crippen molar-refractivity contribution in [1.82, 2.24) is 19.5 Å². The SMILES string of the molecule is Cc1cc(N(C(=O)OC(C)(C)C)c2cc(N[C@H]3CCCN(C(=O)O)C3)nc3c(C4CC4)cnn23)cc(C(F)(F)F)c1. The third-order valence-corrected chi connectivity index (χ3v) is 6.99. The minimum atomic E-state index is -4.64. The van der Waals surface area contributed by atoms with E-state index in [1.807, 2.05) is 0 Å². The van der Waals surface area contributed by atoms with E-state index < -0.39 is 29.5 Å². The van der Waals surface area contributed by atoms with E-state index in [0.717, 1.165) is 35.4 Å². The van der Waals surface area contributed by atoms with Crippen LogP contribution in [0.15, 0.2) is 30.5 Å². The number of fused-ring (bicyclic) bond motifs is 1. The maximum absolute atomic E-state index is 13.8. The first kappa shape index (κ1) is 28.5. The Labute approximate surface area is 235 Å². The first-order valence-electron chi connectivity index (χ1n) is 13.5. The lowest BCUT2D eigenvalue weighted by atomic mass is 10.1. The number of hydrogen-bond acceptors (Lipinski definition) is 6. The normalized spacial score (nSPS) is 17.9. The molecule has 220 valence electrons. The number of hydrogen-bond donors (Lipinski definition) is 2. The zero-order valence-electron chi connectivity index (χ0n) is 23.3. The van der Waals surface area contributed by atoms with Gasteiger partial charge in [-0.25, -0.2) is 19.5 Å². The van der Waals surface area contributed by atoms with E-state index in [1.165, 1.54) is 28.5 Å². The van der Waals surface area contributed by atoms with E-state index in [-0.39, 0.29) is 30.0 Å². The molecule has 2 aromatic heterocycles. The van der Waals surface area contributed by atoms with Gasteiger partial charge in [-0.15, -0.1) is 0 Å². The Kier molecular flexibility index (Phi) is 7.24. The number of carboxylic acid groups (broad SMARTS) is 1. The molecule has 3 heterocycles. The Hall–Kier alpha value is -4.03. The second-order valence-electron chi connectivity index (χ2n) is 11.7. The fourth-order valence-corrected chi connectivity index (χ4v) is 5.05. The maximum Gasteiger partial charge on any atom is 0.420 e. The fourth-order valence-electron chi connectivity index (χ4n) is 5.05. The van der Waals surface area contributed by atoms with Crippen molar-refractivity contribution in [2.75, 3.05) is 23.3 Å². The van der Waals surface area contributed by atoms with Crippen molar-refractivity contribution in [2.24, 2.45) is 0 Å². The van der Waals surface area contributed by atoms with Gasteiger partial charge in [-0.05, 0) is 83.1 Å². The molecule has 1 atom stereocenters. The van der Waals surface area contributed by atoms with Gasteiger partial charge in [0, 0.05) is 30.8 Å². The molecule has 0 bridgehead atoms. The summed E-state index contributed by atoms with van der Waals surface area (Å²) in [6.07, 6.45) is -1.59. The molecule has 5 rings (SSSR count). The molecular formula is C28H33F3N6O4. The van der Waals surface area contributed by atoms with E-state index in [2.05, 4.69) is 10.4 Å². The van der Waals surface area contributed by atoms with Gasteiger partial charge in [0.05, 0.1) is 17.4 Å². The summed E-state index contributed by atoms with van der Waals surface area (Å²) in [5.41, 5.74) is -0.235. The molecule has 3 aromatic rings. The van der Waals surface area contributed by atoms with Crippen molar-refractivity contribution in [3.63, 3.8) is 0 Å². The Morgan fingerprint density at radius 3 is 2.49 bits per heavy atom. The summed E-state index contributed by atoms with van der Waals surface area (Å²) in [6, 6.07) is 4.70. The van der Waals surface area contributed by atoms with Crippen LogP contribution in [0.5, 0.6) is 0 Å². The molecule has 0 unspecified atom stereocenters. The van der Waals surface area contributed by atoms with Crippen LogP contribution in [0.4, 0.5) is 40.1 Å². The van der Waals surface area contributed by atoms with Crippen molar-refractivity contribution in [2.45, 2.75) is 77.1 Å². The number of amides is 2. The lowest BCUT2D eigenvalue weighted by molar-refractivity contribution is -0.137. The molecule has 1 aromatic carbocycles. The van der Waals surface area contributed by atoms with Crippen LogP contribution in [-0.4, -0.2) is 61.5 Å². The van der Waals surface area contributed by atoms with Gasteiger partial charge in [-0.3, -0.25) is 0 Å². The van der Waals surface area contributed by atoms with Crippen LogP contribution in [0.1, 0.15) is 69.1 Å². The number of anilines is 3. The molecule has 1 saturated carbocycles. The third kappa shape index (κ3) is 6.33. The Balaban J connectivity index is 1.66. The number of ether oxygens (including phenoxy) is 1. The Bertz CT molecular complexity index is 1480. The first-order valence-corrected chi connectivity index (χ1v) is 13.5. The van der Waals surface area contributed by atoms with Gasteiger partial charge >= 0.3 is 18.4 Å². The van der Waals surface area contributed by atoms with Crippen LogP contribution in [0.2, 0.25) is 0 Å². The van der Waals surface area contributed by atoms with Crippen molar-refractivity contribution < 1.29 is 32.6 Å². The molecule has 2 N–H and O–H groups in total. The lowest BCUT2D eigenvalue weighted by Gasteiger charge is -2.32. The number of benzene rings is 1. The second kappa shape index (κ2) is 10.4. The summed E-state index contributed by atoms with van der Waals surface area (Å²) in [4.78, 5) is 32.5. The van der Waals surface area contributed by atoms with Gasteiger partial charge in [-0.2, -0.15) is 22.8 Å². The number of likely N-dealkylation sites (tertiary alicyclic amines) is 1. The standard InChI is InChI=1S/C28H33F3N6O4/c1-16-10-18(28(29,30)31)12-20(11-16)36(26(40)41-27(2,3)4)23-13-22(33-19-6-5-9-35(15-19)25(38)39)34-24-21(17-7-8-17)14-32-37(23)24/h10-14,17,19H,5-9,15H2,1-4H3,(H,33,34)(H,38,39)/t19-/m0/s1. The van der Waals surface area contributed by atoms with Crippen LogP contribution in [-0.2, 0) is 10.9 Å². The Morgan fingerprint density at radius 1 is 1.12 bits per heavy atom. The molecule has 41 heavy (non-hydrogen) atoms. The number of alkyl halides is 3. The van der Waals surface area contributed by atoms with Crippen molar-refractivity contribution >= 4 is 35.2 Å². The molecule has 10 nitrogen and oxygen atoms in total. The topological polar surface area (TPSA) is 112 Å². The average Bonchev–Trinajstić information content (AvgIpc) is 3.61. The number of rotatable bonds is 5. The average molecular weight is 575 g/mol. The van der Waals surface area contributed by atoms with Crippen LogP contribution in [0.25, 0.3) is 5.65 Å². The van der Waals surface area contributed by atoms with Crippen LogP contribution >= 0.6 is 0 Å². The second-order valence-corrected chi connectivity index (χ2v) is 11.7. The van der Waals surface area contributed by atoms with Gasteiger partial charge < -0.3 is 20.1 Å². The summed E-state index contributed by atoms with van der Waals surface area (Å²) < 4.78 is 48.6. The van der Waals surface area contributed by atoms with Gasteiger partial charge in [0.2, 0.25) is 0 Å². The molecule has 2 amide bonds. The van der Waals surface area contributed by atoms with E-state index in [9.17, 15) is 27.9 Å². The number of carbonyl (C=O) groups is 2. The minimum Gasteiger partial charge on any atom is -0.465 e. The van der Waals surface area contributed by atoms with Gasteiger partial charge in [-0.1, -0.05) is 0 Å². The minimum absolute atomic E-state index is 0.0387. The fraction of sp³-hybridized carbons (Fsp3) is 0.500. The highest BCUT2D eigenvalue weighted by molar-refractivity contribution is 5.96. The highest BCUT2D eigenvalue weighted by Crippen LogP contribution is 2.43. The zero-order valence-corrected chi connectivity index (χ0v) is 23.3. The molecule has 13 heteroatoms. The largest absolute Gasteiger partial charge is 0.465 e. The van der Waals surface area contributed by atoms with E-state index in [1.54, 1.807) is 27.0 Å². The molecule has 1 saturated heterocycles. The third-order valence-electron chi connectivity index (χ3n) is 6.99. The van der Waals surface area contributed by atoms with Crippen LogP contribution in [0.3, 0.4) is 0 Å². The molecule has 2 fully saturated rings. The summed E-state index contributed by atoms with van der Waals surface area (Å²) in [5.74, 6) is 0.735. The Morgan fingerprint density at radius 2 is 1.85 bits per heavy atom. The number of carbonyl (C=O) groups excluding carboxylic acids is 1. The van der Waals surface area contributed by atoms with Gasteiger partial charge in [0.1, 0.15) is 17.2 Å². The van der Waals surface area contributed by atoms with E-state index in [0.29, 0.717) is 36.4 Å². The van der Waals surface area contributed by atoms with Gasteiger partial charge in [0.15, 0.2) is 5.65 Å². The number of aromatic nitrogens is 3. The molecule has 2 aliphatic rings. The molecule has 1 aliphatic heterocycles. The van der Waals surface area contributed by atoms with Crippen molar-refractivity contribution in [3.8, 4) is 0 Å². The number of nitrogens with one attached hydrogen (secondary N) is 1. The molecular weight excluding hydrogens is 541 g/mol. The summed E-state index contributed by atoms with van der Waals surface area (Å²) in [7, 11) is 0. The first-order chi connectivity index (χ1) is 19.2. The zero-order chi connectivity index (χ0) is 29.7. The summed E-state index contributed by atoms with van der Waals surface area (Å²) >= 11 is 0. The van der Waals surface area contributed by atoms with Gasteiger partial charge in [0.25, 0.3) is 0 Å². The number of nitrogens with zero attached hydrogens (tertiary/aromatic N) is 5. The summed E-state index contributed by atoms with van der Waals surface area (Å²) in [6.45, 7) is 7.22. The van der Waals surface area contributed by atoms with Crippen LogP contribution < -0.4 is 10.2 Å². The number of aryl methyl sites for hydroxylation is 1. The summed E-state index contributed by atoms with van der Waals surface area (Å²) in [5, 5.41) is 17.3. The monoisotopic (exact) mass is 574 g/mol.